The number of fused-ring (bicyclic) bond motifs is 1. The number of carbonyl (C=O) groups is 2. The van der Waals surface area contributed by atoms with Crippen LogP contribution in [0.5, 0.6) is 0 Å². The van der Waals surface area contributed by atoms with E-state index in [-0.39, 0.29) is 17.9 Å². The van der Waals surface area contributed by atoms with E-state index in [0.717, 1.165) is 17.7 Å². The predicted octanol–water partition coefficient (Wildman–Crippen LogP) is 0.649. The highest BCUT2D eigenvalue weighted by Gasteiger charge is 2.33. The second-order valence-electron chi connectivity index (χ2n) is 7.45. The van der Waals surface area contributed by atoms with Gasteiger partial charge in [-0.15, -0.1) is 5.10 Å². The number of amides is 2. The van der Waals surface area contributed by atoms with Crippen LogP contribution in [0.15, 0.2) is 17.0 Å². The third-order valence-electron chi connectivity index (χ3n) is 5.58. The van der Waals surface area contributed by atoms with Crippen LogP contribution in [0, 0.1) is 0 Å². The summed E-state index contributed by atoms with van der Waals surface area (Å²) < 4.78 is 17.1. The van der Waals surface area contributed by atoms with Gasteiger partial charge in [0.15, 0.2) is 5.69 Å². The van der Waals surface area contributed by atoms with Crippen molar-refractivity contribution in [1.82, 2.24) is 20.0 Å². The maximum absolute atomic E-state index is 12.9. The summed E-state index contributed by atoms with van der Waals surface area (Å²) in [5.74, 6) is 0.379. The average Bonchev–Trinajstić information content (AvgIpc) is 3.22. The van der Waals surface area contributed by atoms with E-state index < -0.39 is 10.8 Å². The topological polar surface area (TPSA) is 92.7 Å². The van der Waals surface area contributed by atoms with Crippen molar-refractivity contribution in [3.8, 4) is 0 Å². The van der Waals surface area contributed by atoms with Crippen molar-refractivity contribution in [3.05, 3.63) is 34.0 Å². The van der Waals surface area contributed by atoms with Crippen LogP contribution >= 0.6 is 0 Å². The summed E-state index contributed by atoms with van der Waals surface area (Å²) in [5.41, 5.74) is 2.75. The summed E-state index contributed by atoms with van der Waals surface area (Å²) >= 11 is 0. The molecule has 9 heteroatoms. The van der Waals surface area contributed by atoms with E-state index in [0.29, 0.717) is 62.6 Å². The molecule has 1 aromatic heterocycles. The minimum atomic E-state index is -1.04. The number of nitrogens with zero attached hydrogens (tertiary/aromatic N) is 4. The Labute approximate surface area is 166 Å². The lowest BCUT2D eigenvalue weighted by atomic mass is 10.1. The Kier molecular flexibility index (Phi) is 5.54. The molecule has 0 N–H and O–H groups in total. The molecule has 8 nitrogen and oxygen atoms in total. The Bertz CT molecular complexity index is 856. The number of aromatic nitrogens is 2. The van der Waals surface area contributed by atoms with Gasteiger partial charge < -0.3 is 14.5 Å². The molecule has 1 fully saturated rings. The molecule has 0 aliphatic carbocycles. The lowest BCUT2D eigenvalue weighted by Gasteiger charge is -2.25. The second-order valence-corrected chi connectivity index (χ2v) is 8.85. The van der Waals surface area contributed by atoms with Crippen LogP contribution in [0.25, 0.3) is 0 Å². The number of ether oxygens (including phenoxy) is 1. The first kappa shape index (κ1) is 19.2. The van der Waals surface area contributed by atoms with Crippen molar-refractivity contribution in [3.63, 3.8) is 0 Å². The molecule has 2 atom stereocenters. The van der Waals surface area contributed by atoms with Crippen molar-refractivity contribution in [1.29, 1.82) is 0 Å². The third kappa shape index (κ3) is 3.86. The quantitative estimate of drug-likeness (QED) is 0.734. The first-order chi connectivity index (χ1) is 13.5. The Balaban J connectivity index is 1.41. The summed E-state index contributed by atoms with van der Waals surface area (Å²) in [5, 5.41) is 9.88. The highest BCUT2D eigenvalue weighted by molar-refractivity contribution is 7.88. The van der Waals surface area contributed by atoms with Gasteiger partial charge in [-0.3, -0.25) is 13.8 Å². The molecule has 3 aliphatic heterocycles. The zero-order chi connectivity index (χ0) is 19.7. The monoisotopic (exact) mass is 404 g/mol. The molecule has 0 aromatic carbocycles. The molecule has 150 valence electrons. The van der Waals surface area contributed by atoms with E-state index in [9.17, 15) is 13.8 Å². The Hall–Kier alpha value is -2.13. The number of hydrogen-bond acceptors (Lipinski definition) is 6. The minimum absolute atomic E-state index is 0.0536. The van der Waals surface area contributed by atoms with Gasteiger partial charge in [0.2, 0.25) is 5.91 Å². The van der Waals surface area contributed by atoms with E-state index in [4.69, 9.17) is 4.74 Å². The SMILES string of the molecule is CN(C(=O)c1cc2c(nn1)CCOC2)C1CCN(C(=O)C2=CS(=O)CCC2)C1. The fourth-order valence-corrected chi connectivity index (χ4v) is 4.96. The van der Waals surface area contributed by atoms with E-state index in [1.807, 2.05) is 0 Å². The van der Waals surface area contributed by atoms with Crippen LogP contribution in [-0.2, 0) is 33.4 Å². The van der Waals surface area contributed by atoms with Gasteiger partial charge in [-0.25, -0.2) is 0 Å². The molecule has 0 bridgehead atoms. The zero-order valence-electron chi connectivity index (χ0n) is 15.9. The van der Waals surface area contributed by atoms with E-state index in [2.05, 4.69) is 10.2 Å². The van der Waals surface area contributed by atoms with Gasteiger partial charge in [0.25, 0.3) is 5.91 Å². The third-order valence-corrected chi connectivity index (χ3v) is 6.82. The van der Waals surface area contributed by atoms with Crippen molar-refractivity contribution in [2.75, 3.05) is 32.5 Å². The largest absolute Gasteiger partial charge is 0.376 e. The Morgan fingerprint density at radius 3 is 3.00 bits per heavy atom. The molecular formula is C19H24N4O4S. The molecule has 1 saturated heterocycles. The molecule has 0 spiro atoms. The van der Waals surface area contributed by atoms with Crippen molar-refractivity contribution in [2.24, 2.45) is 0 Å². The molecule has 2 amide bonds. The highest BCUT2D eigenvalue weighted by atomic mass is 32.2. The molecule has 0 saturated carbocycles. The molecule has 3 aliphatic rings. The highest BCUT2D eigenvalue weighted by Crippen LogP contribution is 2.23. The Morgan fingerprint density at radius 1 is 1.32 bits per heavy atom. The van der Waals surface area contributed by atoms with Gasteiger partial charge in [0, 0.05) is 59.7 Å². The second kappa shape index (κ2) is 8.08. The lowest BCUT2D eigenvalue weighted by molar-refractivity contribution is -0.126. The van der Waals surface area contributed by atoms with E-state index in [1.165, 1.54) is 0 Å². The van der Waals surface area contributed by atoms with Gasteiger partial charge in [0.1, 0.15) is 0 Å². The van der Waals surface area contributed by atoms with Gasteiger partial charge in [-0.2, -0.15) is 5.10 Å². The van der Waals surface area contributed by atoms with Crippen LogP contribution in [-0.4, -0.2) is 74.6 Å². The minimum Gasteiger partial charge on any atom is -0.376 e. The number of likely N-dealkylation sites (tertiary alicyclic amines) is 1. The van der Waals surface area contributed by atoms with Gasteiger partial charge in [0.05, 0.1) is 24.9 Å². The molecule has 28 heavy (non-hydrogen) atoms. The molecular weight excluding hydrogens is 380 g/mol. The summed E-state index contributed by atoms with van der Waals surface area (Å²) in [6.07, 6.45) is 2.88. The van der Waals surface area contributed by atoms with Gasteiger partial charge >= 0.3 is 0 Å². The summed E-state index contributed by atoms with van der Waals surface area (Å²) in [6.45, 7) is 2.16. The van der Waals surface area contributed by atoms with E-state index >= 15 is 0 Å². The van der Waals surface area contributed by atoms with Crippen LogP contribution < -0.4 is 0 Å². The van der Waals surface area contributed by atoms with Gasteiger partial charge in [-0.1, -0.05) is 0 Å². The van der Waals surface area contributed by atoms with Crippen molar-refractivity contribution < 1.29 is 18.5 Å². The summed E-state index contributed by atoms with van der Waals surface area (Å²) in [6, 6.07) is 1.69. The summed E-state index contributed by atoms with van der Waals surface area (Å²) in [4.78, 5) is 29.0. The standard InChI is InChI=1S/C19H24N4O4S/c1-22(19(25)17-9-14-11-27-7-5-16(14)20-21-17)15-4-6-23(10-15)18(24)13-3-2-8-28(26)12-13/h9,12,15H,2-8,10-11H2,1H3. The predicted molar refractivity (Wildman–Crippen MR) is 103 cm³/mol. The summed E-state index contributed by atoms with van der Waals surface area (Å²) in [7, 11) is 0.702. The molecule has 4 rings (SSSR count). The fraction of sp³-hybridized carbons (Fsp3) is 0.579. The van der Waals surface area contributed by atoms with Gasteiger partial charge in [-0.05, 0) is 25.3 Å². The first-order valence-electron chi connectivity index (χ1n) is 9.60. The number of hydrogen-bond donors (Lipinski definition) is 0. The molecule has 1 aromatic rings. The smallest absolute Gasteiger partial charge is 0.274 e. The molecule has 0 radical (unpaired) electrons. The molecule has 4 heterocycles. The fourth-order valence-electron chi connectivity index (χ4n) is 3.88. The maximum Gasteiger partial charge on any atom is 0.274 e. The zero-order valence-corrected chi connectivity index (χ0v) is 16.7. The number of likely N-dealkylation sites (N-methyl/N-ethyl adjacent to an activating group) is 1. The van der Waals surface area contributed by atoms with Crippen molar-refractivity contribution in [2.45, 2.75) is 38.3 Å². The van der Waals surface area contributed by atoms with Crippen LogP contribution in [0.2, 0.25) is 0 Å². The van der Waals surface area contributed by atoms with E-state index in [1.54, 1.807) is 28.3 Å². The van der Waals surface area contributed by atoms with Crippen molar-refractivity contribution >= 4 is 22.6 Å². The Morgan fingerprint density at radius 2 is 2.18 bits per heavy atom. The molecule has 2 unspecified atom stereocenters. The maximum atomic E-state index is 12.9. The van der Waals surface area contributed by atoms with Crippen LogP contribution in [0.3, 0.4) is 0 Å². The first-order valence-corrected chi connectivity index (χ1v) is 11.0. The number of carbonyl (C=O) groups excluding carboxylic acids is 2. The lowest BCUT2D eigenvalue weighted by Crippen LogP contribution is -2.41. The number of rotatable bonds is 3. The van der Waals surface area contributed by atoms with Crippen LogP contribution in [0.4, 0.5) is 0 Å². The average molecular weight is 404 g/mol. The normalized spacial score (nSPS) is 24.5. The van der Waals surface area contributed by atoms with Crippen LogP contribution in [0.1, 0.15) is 41.0 Å².